The number of aryl methyl sites for hydroxylation is 1. The van der Waals surface area contributed by atoms with Gasteiger partial charge in [-0.05, 0) is 43.0 Å². The summed E-state index contributed by atoms with van der Waals surface area (Å²) in [6, 6.07) is 5.29. The van der Waals surface area contributed by atoms with Crippen molar-refractivity contribution < 1.29 is 9.53 Å². The lowest BCUT2D eigenvalue weighted by atomic mass is 9.97. The van der Waals surface area contributed by atoms with E-state index in [1.807, 2.05) is 49.3 Å². The maximum atomic E-state index is 13.3. The van der Waals surface area contributed by atoms with Crippen LogP contribution < -0.4 is 9.64 Å². The van der Waals surface area contributed by atoms with Gasteiger partial charge in [0.2, 0.25) is 11.8 Å². The Labute approximate surface area is 181 Å². The summed E-state index contributed by atoms with van der Waals surface area (Å²) < 4.78 is 5.11. The fourth-order valence-electron chi connectivity index (χ4n) is 3.93. The minimum Gasteiger partial charge on any atom is -0.481 e. The fourth-order valence-corrected chi connectivity index (χ4v) is 3.93. The summed E-state index contributed by atoms with van der Waals surface area (Å²) in [7, 11) is 5.38. The summed E-state index contributed by atoms with van der Waals surface area (Å²) in [5, 5.41) is 0. The highest BCUT2D eigenvalue weighted by molar-refractivity contribution is 5.94. The van der Waals surface area contributed by atoms with Crippen molar-refractivity contribution in [3.05, 3.63) is 59.8 Å². The first kappa shape index (κ1) is 20.7. The normalized spacial score (nSPS) is 15.7. The van der Waals surface area contributed by atoms with E-state index < -0.39 is 0 Å². The Morgan fingerprint density at radius 1 is 1.13 bits per heavy atom. The number of pyridine rings is 2. The van der Waals surface area contributed by atoms with Crippen LogP contribution in [0.2, 0.25) is 0 Å². The highest BCUT2D eigenvalue weighted by atomic mass is 16.5. The number of amides is 1. The summed E-state index contributed by atoms with van der Waals surface area (Å²) in [5.74, 6) is 1.05. The van der Waals surface area contributed by atoms with Crippen LogP contribution in [0, 0.1) is 6.92 Å². The molecule has 8 heteroatoms. The largest absolute Gasteiger partial charge is 0.481 e. The van der Waals surface area contributed by atoms with Crippen LogP contribution in [0.4, 0.5) is 5.95 Å². The Bertz CT molecular complexity index is 1080. The second-order valence-corrected chi connectivity index (χ2v) is 7.80. The maximum Gasteiger partial charge on any atom is 0.255 e. The molecule has 0 spiro atoms. The number of nitrogens with zero attached hydrogens (tertiary/aromatic N) is 6. The smallest absolute Gasteiger partial charge is 0.255 e. The SMILES string of the molecule is COc1ccc(C(=O)N2CCC[C@H]2c2nc(N(C)C)ncc2-c2ccncc2C)cn1. The highest BCUT2D eigenvalue weighted by Crippen LogP contribution is 2.38. The van der Waals surface area contributed by atoms with Gasteiger partial charge in [0.25, 0.3) is 5.91 Å². The van der Waals surface area contributed by atoms with Crippen molar-refractivity contribution in [1.29, 1.82) is 0 Å². The fraction of sp³-hybridized carbons (Fsp3) is 0.348. The van der Waals surface area contributed by atoms with Crippen molar-refractivity contribution in [2.45, 2.75) is 25.8 Å². The predicted molar refractivity (Wildman–Crippen MR) is 118 cm³/mol. The molecular weight excluding hydrogens is 392 g/mol. The second kappa shape index (κ2) is 8.67. The van der Waals surface area contributed by atoms with Gasteiger partial charge in [-0.15, -0.1) is 0 Å². The third-order valence-electron chi connectivity index (χ3n) is 5.54. The molecule has 1 fully saturated rings. The molecule has 0 bridgehead atoms. The number of carbonyl (C=O) groups excluding carboxylic acids is 1. The molecule has 160 valence electrons. The van der Waals surface area contributed by atoms with E-state index in [-0.39, 0.29) is 11.9 Å². The number of aromatic nitrogens is 4. The summed E-state index contributed by atoms with van der Waals surface area (Å²) in [6.45, 7) is 2.69. The molecule has 1 amide bonds. The van der Waals surface area contributed by atoms with Gasteiger partial charge >= 0.3 is 0 Å². The Morgan fingerprint density at radius 2 is 1.97 bits per heavy atom. The topological polar surface area (TPSA) is 84.3 Å². The van der Waals surface area contributed by atoms with E-state index in [1.165, 1.54) is 0 Å². The van der Waals surface area contributed by atoms with Gasteiger partial charge < -0.3 is 14.5 Å². The average Bonchev–Trinajstić information content (AvgIpc) is 3.28. The monoisotopic (exact) mass is 418 g/mol. The van der Waals surface area contributed by atoms with Crippen LogP contribution in [0.25, 0.3) is 11.1 Å². The standard InChI is InChI=1S/C23H26N6O2/c1-15-12-24-10-9-17(15)18-14-26-23(28(2)3)27-21(18)19-6-5-11-29(19)22(30)16-7-8-20(31-4)25-13-16/h7-10,12-14,19H,5-6,11H2,1-4H3/t19-/m0/s1. The van der Waals surface area contributed by atoms with E-state index in [4.69, 9.17) is 9.72 Å². The molecular formula is C23H26N6O2. The van der Waals surface area contributed by atoms with Gasteiger partial charge in [-0.1, -0.05) is 0 Å². The molecule has 1 aliphatic heterocycles. The number of methoxy groups -OCH3 is 1. The molecule has 0 N–H and O–H groups in total. The third kappa shape index (κ3) is 4.05. The molecule has 0 unspecified atom stereocenters. The molecule has 0 radical (unpaired) electrons. The van der Waals surface area contributed by atoms with Crippen LogP contribution >= 0.6 is 0 Å². The van der Waals surface area contributed by atoms with Gasteiger partial charge in [0.15, 0.2) is 0 Å². The summed E-state index contributed by atoms with van der Waals surface area (Å²) >= 11 is 0. The van der Waals surface area contributed by atoms with Crippen molar-refractivity contribution >= 4 is 11.9 Å². The predicted octanol–water partition coefficient (Wildman–Crippen LogP) is 3.29. The lowest BCUT2D eigenvalue weighted by Gasteiger charge is -2.27. The zero-order valence-corrected chi connectivity index (χ0v) is 18.2. The van der Waals surface area contributed by atoms with Crippen LogP contribution in [0.1, 0.15) is 40.5 Å². The molecule has 1 aliphatic rings. The summed E-state index contributed by atoms with van der Waals surface area (Å²) in [4.78, 5) is 34.9. The van der Waals surface area contributed by atoms with Crippen LogP contribution in [0.3, 0.4) is 0 Å². The summed E-state index contributed by atoms with van der Waals surface area (Å²) in [5.41, 5.74) is 4.40. The third-order valence-corrected chi connectivity index (χ3v) is 5.54. The number of hydrogen-bond acceptors (Lipinski definition) is 7. The molecule has 0 aromatic carbocycles. The minimum absolute atomic E-state index is 0.0555. The number of ether oxygens (including phenoxy) is 1. The number of carbonyl (C=O) groups is 1. The molecule has 31 heavy (non-hydrogen) atoms. The first-order chi connectivity index (χ1) is 15.0. The van der Waals surface area contributed by atoms with Gasteiger partial charge in [0.1, 0.15) is 0 Å². The van der Waals surface area contributed by atoms with Crippen molar-refractivity contribution in [2.24, 2.45) is 0 Å². The van der Waals surface area contributed by atoms with Gasteiger partial charge in [-0.2, -0.15) is 0 Å². The number of likely N-dealkylation sites (tertiary alicyclic amines) is 1. The molecule has 3 aromatic heterocycles. The molecule has 8 nitrogen and oxygen atoms in total. The maximum absolute atomic E-state index is 13.3. The van der Waals surface area contributed by atoms with E-state index in [9.17, 15) is 4.79 Å². The first-order valence-corrected chi connectivity index (χ1v) is 10.3. The molecule has 4 rings (SSSR count). The van der Waals surface area contributed by atoms with E-state index >= 15 is 0 Å². The Balaban J connectivity index is 1.76. The highest BCUT2D eigenvalue weighted by Gasteiger charge is 2.34. The lowest BCUT2D eigenvalue weighted by molar-refractivity contribution is 0.0733. The van der Waals surface area contributed by atoms with Crippen molar-refractivity contribution in [3.8, 4) is 17.0 Å². The van der Waals surface area contributed by atoms with E-state index in [0.29, 0.717) is 23.9 Å². The van der Waals surface area contributed by atoms with Crippen LogP contribution in [0.5, 0.6) is 5.88 Å². The molecule has 4 heterocycles. The second-order valence-electron chi connectivity index (χ2n) is 7.80. The van der Waals surface area contributed by atoms with Crippen molar-refractivity contribution in [2.75, 3.05) is 32.6 Å². The zero-order chi connectivity index (χ0) is 22.0. The van der Waals surface area contributed by atoms with Crippen molar-refractivity contribution in [1.82, 2.24) is 24.8 Å². The molecule has 3 aromatic rings. The first-order valence-electron chi connectivity index (χ1n) is 10.3. The molecule has 1 atom stereocenters. The molecule has 0 saturated carbocycles. The zero-order valence-electron chi connectivity index (χ0n) is 18.2. The molecule has 1 saturated heterocycles. The average molecular weight is 419 g/mol. The van der Waals surface area contributed by atoms with Gasteiger partial charge in [0.05, 0.1) is 24.4 Å². The van der Waals surface area contributed by atoms with E-state index in [0.717, 1.165) is 35.2 Å². The van der Waals surface area contributed by atoms with Gasteiger partial charge in [0, 0.05) is 57.1 Å². The van der Waals surface area contributed by atoms with E-state index in [1.54, 1.807) is 31.6 Å². The number of rotatable bonds is 5. The van der Waals surface area contributed by atoms with Gasteiger partial charge in [-0.25, -0.2) is 15.0 Å². The Hall–Kier alpha value is -3.55. The lowest BCUT2D eigenvalue weighted by Crippen LogP contribution is -2.31. The number of anilines is 1. The van der Waals surface area contributed by atoms with Gasteiger partial charge in [-0.3, -0.25) is 9.78 Å². The molecule has 0 aliphatic carbocycles. The summed E-state index contributed by atoms with van der Waals surface area (Å²) in [6.07, 6.45) is 8.78. The van der Waals surface area contributed by atoms with Crippen LogP contribution in [-0.2, 0) is 0 Å². The van der Waals surface area contributed by atoms with Crippen LogP contribution in [0.15, 0.2) is 43.0 Å². The Kier molecular flexibility index (Phi) is 5.79. The quantitative estimate of drug-likeness (QED) is 0.628. The van der Waals surface area contributed by atoms with Crippen molar-refractivity contribution in [3.63, 3.8) is 0 Å². The Morgan fingerprint density at radius 3 is 2.65 bits per heavy atom. The van der Waals surface area contributed by atoms with E-state index in [2.05, 4.69) is 15.0 Å². The minimum atomic E-state index is -0.140. The van der Waals surface area contributed by atoms with Crippen LogP contribution in [-0.4, -0.2) is 58.5 Å². The number of hydrogen-bond donors (Lipinski definition) is 0.